The SMILES string of the molecule is CC[C@H](C)[C@H]1O[C@]2(CC[C@@H]1C)C[C@@H]1C[C@@H](C/C=C(\C)[C@@H](O[C@H]3C[C@@H](OC)[C@@H](O[C@H]4C[C@@H](OC)[C@@H](O)[C@H](C)O4)[C@H](C)O3)[C@@H](C)/C=C/C=C3\CO[C@@H]4[C@H](O)C(C)=C[C@@H](C(=O)O1)[C@]34O)O2. The monoisotopic (exact) mass is 875 g/mol. The molecule has 7 rings (SSSR count). The van der Waals surface area contributed by atoms with Gasteiger partial charge in [-0.25, -0.2) is 0 Å². The molecule has 62 heavy (non-hydrogen) atoms. The van der Waals surface area contributed by atoms with Crippen LogP contribution in [0.15, 0.2) is 47.1 Å². The standard InChI is InChI=1S/C48H74O14/c1-11-25(2)43-28(5)17-18-47(62-43)23-34-20-33(61-47)16-15-27(4)42(26(3)13-12-14-32-24-55-45-40(49)29(6)19-35(46(51)58-34)48(32,45)52)59-39-22-37(54-10)44(31(8)57-39)60-38-21-36(53-9)41(50)30(7)56-38/h12-15,19,25-26,28,30-31,33-45,49-50,52H,11,16-18,20-24H2,1-10H3/b13-12+,27-15+,32-14+/t25-,26-,28-,30-,31-,33+,34-,35-,36+,37+,38-,39-,40+,41-,42-,43+,44-,45+,47+,48+/m0/s1. The minimum atomic E-state index is -1.82. The van der Waals surface area contributed by atoms with E-state index < -0.39 is 90.8 Å². The number of carbonyl (C=O) groups is 1. The number of aliphatic hydroxyl groups is 3. The van der Waals surface area contributed by atoms with Crippen molar-refractivity contribution in [3.8, 4) is 0 Å². The predicted molar refractivity (Wildman–Crippen MR) is 227 cm³/mol. The van der Waals surface area contributed by atoms with Crippen LogP contribution in [-0.4, -0.2) is 139 Å². The molecule has 7 aliphatic rings. The summed E-state index contributed by atoms with van der Waals surface area (Å²) < 4.78 is 63.9. The van der Waals surface area contributed by atoms with Gasteiger partial charge in [0.25, 0.3) is 0 Å². The summed E-state index contributed by atoms with van der Waals surface area (Å²) in [4.78, 5) is 14.4. The first-order valence-corrected chi connectivity index (χ1v) is 23.2. The number of methoxy groups -OCH3 is 2. The van der Waals surface area contributed by atoms with Crippen LogP contribution in [0.1, 0.15) is 107 Å². The van der Waals surface area contributed by atoms with Crippen LogP contribution < -0.4 is 0 Å². The molecule has 3 N–H and O–H groups in total. The molecule has 0 unspecified atom stereocenters. The molecule has 0 radical (unpaired) electrons. The average molecular weight is 875 g/mol. The lowest BCUT2D eigenvalue weighted by atomic mass is 9.71. The lowest BCUT2D eigenvalue weighted by Gasteiger charge is -2.51. The van der Waals surface area contributed by atoms with Crippen molar-refractivity contribution in [1.82, 2.24) is 0 Å². The highest BCUT2D eigenvalue weighted by Gasteiger charge is 2.60. The van der Waals surface area contributed by atoms with Crippen LogP contribution in [0.5, 0.6) is 0 Å². The van der Waals surface area contributed by atoms with E-state index in [1.807, 2.05) is 19.1 Å². The third-order valence-electron chi connectivity index (χ3n) is 14.9. The second-order valence-electron chi connectivity index (χ2n) is 19.4. The zero-order valence-corrected chi connectivity index (χ0v) is 38.5. The first kappa shape index (κ1) is 47.9. The van der Waals surface area contributed by atoms with Crippen molar-refractivity contribution in [2.45, 2.75) is 204 Å². The van der Waals surface area contributed by atoms with Crippen molar-refractivity contribution in [1.29, 1.82) is 0 Å². The van der Waals surface area contributed by atoms with Crippen LogP contribution >= 0.6 is 0 Å². The Bertz CT molecular complexity index is 1680. The quantitative estimate of drug-likeness (QED) is 0.204. The number of aliphatic hydroxyl groups excluding tert-OH is 2. The first-order valence-electron chi connectivity index (χ1n) is 23.2. The molecule has 14 nitrogen and oxygen atoms in total. The normalized spacial score (nSPS) is 49.4. The summed E-state index contributed by atoms with van der Waals surface area (Å²) in [5.74, 6) is -2.10. The van der Waals surface area contributed by atoms with E-state index >= 15 is 0 Å². The molecule has 5 fully saturated rings. The van der Waals surface area contributed by atoms with E-state index in [0.717, 1.165) is 18.4 Å². The van der Waals surface area contributed by atoms with E-state index in [1.165, 1.54) is 0 Å². The number of hydrogen-bond donors (Lipinski definition) is 3. The number of carbonyl (C=O) groups excluding carboxylic acids is 1. The summed E-state index contributed by atoms with van der Waals surface area (Å²) in [6.45, 7) is 16.3. The minimum Gasteiger partial charge on any atom is -0.462 e. The Balaban J connectivity index is 1.18. The van der Waals surface area contributed by atoms with Gasteiger partial charge in [-0.05, 0) is 69.1 Å². The third kappa shape index (κ3) is 9.73. The molecule has 1 spiro atoms. The molecule has 20 atom stereocenters. The van der Waals surface area contributed by atoms with Gasteiger partial charge in [0.05, 0.1) is 49.3 Å². The maximum Gasteiger partial charge on any atom is 0.316 e. The van der Waals surface area contributed by atoms with E-state index in [1.54, 1.807) is 40.2 Å². The largest absolute Gasteiger partial charge is 0.462 e. The van der Waals surface area contributed by atoms with Gasteiger partial charge in [-0.3, -0.25) is 4.79 Å². The van der Waals surface area contributed by atoms with Gasteiger partial charge < -0.3 is 62.7 Å². The van der Waals surface area contributed by atoms with E-state index in [0.29, 0.717) is 61.5 Å². The van der Waals surface area contributed by atoms with Crippen molar-refractivity contribution in [3.05, 3.63) is 47.1 Å². The molecular weight excluding hydrogens is 801 g/mol. The van der Waals surface area contributed by atoms with Gasteiger partial charge in [-0.2, -0.15) is 0 Å². The highest BCUT2D eigenvalue weighted by atomic mass is 16.7. The molecule has 0 aromatic rings. The van der Waals surface area contributed by atoms with E-state index in [4.69, 9.17) is 47.4 Å². The number of esters is 1. The molecular formula is C48H74O14. The number of allylic oxidation sites excluding steroid dienone is 2. The highest BCUT2D eigenvalue weighted by Crippen LogP contribution is 2.48. The molecule has 0 amide bonds. The van der Waals surface area contributed by atoms with Crippen molar-refractivity contribution in [2.75, 3.05) is 20.8 Å². The van der Waals surface area contributed by atoms with Crippen LogP contribution in [0.3, 0.4) is 0 Å². The van der Waals surface area contributed by atoms with Crippen LogP contribution in [0.25, 0.3) is 0 Å². The number of ether oxygens (including phenoxy) is 10. The van der Waals surface area contributed by atoms with Gasteiger partial charge in [-0.1, -0.05) is 64.5 Å². The number of hydrogen-bond acceptors (Lipinski definition) is 14. The van der Waals surface area contributed by atoms with Crippen LogP contribution in [0.2, 0.25) is 0 Å². The van der Waals surface area contributed by atoms with E-state index in [9.17, 15) is 20.1 Å². The zero-order chi connectivity index (χ0) is 44.7. The summed E-state index contributed by atoms with van der Waals surface area (Å²) in [7, 11) is 3.23. The molecule has 2 bridgehead atoms. The fourth-order valence-corrected chi connectivity index (χ4v) is 11.0. The fourth-order valence-electron chi connectivity index (χ4n) is 11.0. The Morgan fingerprint density at radius 3 is 2.35 bits per heavy atom. The van der Waals surface area contributed by atoms with Crippen molar-refractivity contribution < 1.29 is 67.5 Å². The van der Waals surface area contributed by atoms with Gasteiger partial charge in [-0.15, -0.1) is 0 Å². The molecule has 5 saturated heterocycles. The fraction of sp³-hybridized carbons (Fsp3) is 0.812. The minimum absolute atomic E-state index is 0.00708. The summed E-state index contributed by atoms with van der Waals surface area (Å²) >= 11 is 0. The Kier molecular flexibility index (Phi) is 15.3. The molecule has 14 heteroatoms. The average Bonchev–Trinajstić information content (AvgIpc) is 3.58. The van der Waals surface area contributed by atoms with Crippen molar-refractivity contribution in [2.24, 2.45) is 23.7 Å². The van der Waals surface area contributed by atoms with Crippen molar-refractivity contribution >= 4 is 5.97 Å². The smallest absolute Gasteiger partial charge is 0.316 e. The molecule has 0 aromatic carbocycles. The lowest BCUT2D eigenvalue weighted by molar-refractivity contribution is -0.340. The predicted octanol–water partition coefficient (Wildman–Crippen LogP) is 5.60. The van der Waals surface area contributed by atoms with E-state index in [-0.39, 0.29) is 30.8 Å². The zero-order valence-electron chi connectivity index (χ0n) is 38.5. The molecule has 0 saturated carbocycles. The Hall–Kier alpha value is -2.05. The maximum absolute atomic E-state index is 14.4. The summed E-state index contributed by atoms with van der Waals surface area (Å²) in [5, 5.41) is 34.2. The van der Waals surface area contributed by atoms with Crippen LogP contribution in [0, 0.1) is 23.7 Å². The Morgan fingerprint density at radius 2 is 1.63 bits per heavy atom. The third-order valence-corrected chi connectivity index (χ3v) is 14.9. The second kappa shape index (κ2) is 19.8. The molecule has 6 heterocycles. The summed E-state index contributed by atoms with van der Waals surface area (Å²) in [6.07, 6.45) is 6.53. The van der Waals surface area contributed by atoms with Crippen LogP contribution in [0.4, 0.5) is 0 Å². The lowest BCUT2D eigenvalue weighted by Crippen LogP contribution is -2.58. The summed E-state index contributed by atoms with van der Waals surface area (Å²) in [6, 6.07) is 0. The highest BCUT2D eigenvalue weighted by molar-refractivity contribution is 5.78. The van der Waals surface area contributed by atoms with Gasteiger partial charge >= 0.3 is 5.97 Å². The van der Waals surface area contributed by atoms with Gasteiger partial charge in [0.2, 0.25) is 0 Å². The van der Waals surface area contributed by atoms with Crippen LogP contribution in [-0.2, 0) is 52.2 Å². The van der Waals surface area contributed by atoms with Gasteiger partial charge in [0.1, 0.15) is 42.0 Å². The first-order chi connectivity index (χ1) is 29.5. The topological polar surface area (TPSA) is 170 Å². The number of fused-ring (bicyclic) bond motifs is 2. The molecule has 6 aliphatic heterocycles. The summed E-state index contributed by atoms with van der Waals surface area (Å²) in [5.41, 5.74) is 0.188. The van der Waals surface area contributed by atoms with Crippen molar-refractivity contribution in [3.63, 3.8) is 0 Å². The maximum atomic E-state index is 14.4. The Morgan fingerprint density at radius 1 is 0.919 bits per heavy atom. The van der Waals surface area contributed by atoms with Gasteiger partial charge in [0, 0.05) is 52.2 Å². The van der Waals surface area contributed by atoms with E-state index in [2.05, 4.69) is 40.7 Å². The molecule has 350 valence electrons. The number of rotatable bonds is 8. The second-order valence-corrected chi connectivity index (χ2v) is 19.4. The molecule has 0 aromatic heterocycles. The molecule has 1 aliphatic carbocycles. The van der Waals surface area contributed by atoms with Gasteiger partial charge in [0.15, 0.2) is 18.4 Å². The Labute approximate surface area is 368 Å².